The van der Waals surface area contributed by atoms with E-state index in [-0.39, 0.29) is 17.0 Å². The standard InChI is InChI=1S/C19H21F2NO3S/c1-4-9-19(20,21)17-10-14(16(11-22-17)18(23)25-3)12-26(24)15-7-5-13(2)6-8-15/h4-8,10-11,14,22H,1,9,12H2,2-3H3/t14-,26?/m1/s1. The Balaban J connectivity index is 2.29. The highest BCUT2D eigenvalue weighted by Crippen LogP contribution is 2.32. The molecule has 2 atom stereocenters. The minimum Gasteiger partial charge on any atom is -0.466 e. The fourth-order valence-corrected chi connectivity index (χ4v) is 3.77. The summed E-state index contributed by atoms with van der Waals surface area (Å²) in [6, 6.07) is 7.11. The smallest absolute Gasteiger partial charge is 0.335 e. The Hall–Kier alpha value is -2.28. The molecular weight excluding hydrogens is 360 g/mol. The summed E-state index contributed by atoms with van der Waals surface area (Å²) in [5, 5.41) is 2.46. The summed E-state index contributed by atoms with van der Waals surface area (Å²) in [6.45, 7) is 5.25. The molecule has 1 aliphatic heterocycles. The van der Waals surface area contributed by atoms with Crippen LogP contribution >= 0.6 is 0 Å². The number of nitrogens with one attached hydrogen (secondary N) is 1. The number of rotatable bonds is 7. The fraction of sp³-hybridized carbons (Fsp3) is 0.316. The number of hydrogen-bond donors (Lipinski definition) is 1. The van der Waals surface area contributed by atoms with Crippen LogP contribution in [0.25, 0.3) is 0 Å². The van der Waals surface area contributed by atoms with Gasteiger partial charge < -0.3 is 10.1 Å². The highest BCUT2D eigenvalue weighted by atomic mass is 32.2. The molecule has 0 fully saturated rings. The van der Waals surface area contributed by atoms with Crippen molar-refractivity contribution in [1.82, 2.24) is 5.32 Å². The van der Waals surface area contributed by atoms with Gasteiger partial charge in [-0.05, 0) is 19.1 Å². The first-order valence-electron chi connectivity index (χ1n) is 7.99. The molecule has 0 radical (unpaired) electrons. The van der Waals surface area contributed by atoms with E-state index in [0.717, 1.165) is 11.6 Å². The van der Waals surface area contributed by atoms with Gasteiger partial charge in [0, 0.05) is 29.2 Å². The van der Waals surface area contributed by atoms with Crippen LogP contribution in [0.5, 0.6) is 0 Å². The number of methoxy groups -OCH3 is 1. The largest absolute Gasteiger partial charge is 0.466 e. The second-order valence-corrected chi connectivity index (χ2v) is 7.44. The minimum absolute atomic E-state index is 0.000651. The van der Waals surface area contributed by atoms with E-state index in [1.54, 1.807) is 12.1 Å². The van der Waals surface area contributed by atoms with E-state index in [0.29, 0.717) is 4.90 Å². The lowest BCUT2D eigenvalue weighted by molar-refractivity contribution is -0.136. The average Bonchev–Trinajstić information content (AvgIpc) is 2.61. The molecule has 2 rings (SSSR count). The molecular formula is C19H21F2NO3S. The summed E-state index contributed by atoms with van der Waals surface area (Å²) < 4.78 is 45.7. The van der Waals surface area contributed by atoms with Crippen molar-refractivity contribution in [1.29, 1.82) is 0 Å². The third kappa shape index (κ3) is 4.66. The lowest BCUT2D eigenvalue weighted by Gasteiger charge is -2.26. The van der Waals surface area contributed by atoms with E-state index in [4.69, 9.17) is 4.74 Å². The van der Waals surface area contributed by atoms with Crippen LogP contribution in [-0.2, 0) is 20.3 Å². The van der Waals surface area contributed by atoms with Crippen LogP contribution in [0, 0.1) is 12.8 Å². The van der Waals surface area contributed by atoms with Gasteiger partial charge >= 0.3 is 5.97 Å². The summed E-state index contributed by atoms with van der Waals surface area (Å²) in [6.07, 6.45) is 3.04. The van der Waals surface area contributed by atoms with Gasteiger partial charge in [0.25, 0.3) is 5.92 Å². The molecule has 4 nitrogen and oxygen atoms in total. The van der Waals surface area contributed by atoms with Crippen molar-refractivity contribution < 1.29 is 22.5 Å². The molecule has 0 amide bonds. The SMILES string of the molecule is C=CCC(F)(F)C1=C[C@H](CS(=O)c2ccc(C)cc2)C(C(=O)OC)=CN1. The van der Waals surface area contributed by atoms with Crippen LogP contribution in [-0.4, -0.2) is 29.0 Å². The summed E-state index contributed by atoms with van der Waals surface area (Å²) >= 11 is 0. The highest BCUT2D eigenvalue weighted by molar-refractivity contribution is 7.85. The normalized spacial score (nSPS) is 18.2. The van der Waals surface area contributed by atoms with Crippen LogP contribution < -0.4 is 5.32 Å². The zero-order valence-corrected chi connectivity index (χ0v) is 15.4. The van der Waals surface area contributed by atoms with Gasteiger partial charge in [-0.25, -0.2) is 4.79 Å². The second-order valence-electron chi connectivity index (χ2n) is 5.94. The van der Waals surface area contributed by atoms with Crippen molar-refractivity contribution in [3.63, 3.8) is 0 Å². The minimum atomic E-state index is -3.15. The first kappa shape index (κ1) is 20.0. The number of carbonyl (C=O) groups excluding carboxylic acids is 1. The monoisotopic (exact) mass is 381 g/mol. The van der Waals surface area contributed by atoms with Crippen molar-refractivity contribution in [2.45, 2.75) is 24.2 Å². The van der Waals surface area contributed by atoms with E-state index in [9.17, 15) is 17.8 Å². The number of esters is 1. The lowest BCUT2D eigenvalue weighted by Crippen LogP contribution is -2.34. The molecule has 0 spiro atoms. The van der Waals surface area contributed by atoms with E-state index in [1.807, 2.05) is 19.1 Å². The summed E-state index contributed by atoms with van der Waals surface area (Å²) in [7, 11) is -0.249. The maximum absolute atomic E-state index is 14.2. The Morgan fingerprint density at radius 3 is 2.62 bits per heavy atom. The van der Waals surface area contributed by atoms with E-state index in [2.05, 4.69) is 11.9 Å². The zero-order chi connectivity index (χ0) is 19.3. The number of aryl methyl sites for hydroxylation is 1. The maximum Gasteiger partial charge on any atom is 0.335 e. The highest BCUT2D eigenvalue weighted by Gasteiger charge is 2.37. The number of halogens is 2. The topological polar surface area (TPSA) is 55.4 Å². The number of ether oxygens (including phenoxy) is 1. The van der Waals surface area contributed by atoms with Crippen molar-refractivity contribution in [2.24, 2.45) is 5.92 Å². The number of allylic oxidation sites excluding steroid dienone is 3. The van der Waals surface area contributed by atoms with Gasteiger partial charge in [0.05, 0.1) is 29.2 Å². The van der Waals surface area contributed by atoms with Crippen LogP contribution in [0.1, 0.15) is 12.0 Å². The fourth-order valence-electron chi connectivity index (χ4n) is 2.54. The van der Waals surface area contributed by atoms with Crippen molar-refractivity contribution in [2.75, 3.05) is 12.9 Å². The molecule has 0 saturated carbocycles. The number of dihydropyridines is 1. The summed E-state index contributed by atoms with van der Waals surface area (Å²) in [4.78, 5) is 12.5. The van der Waals surface area contributed by atoms with Gasteiger partial charge in [0.15, 0.2) is 0 Å². The molecule has 7 heteroatoms. The van der Waals surface area contributed by atoms with E-state index < -0.39 is 35.0 Å². The van der Waals surface area contributed by atoms with Crippen LogP contribution in [0.3, 0.4) is 0 Å². The first-order valence-corrected chi connectivity index (χ1v) is 9.31. The zero-order valence-electron chi connectivity index (χ0n) is 14.6. The summed E-state index contributed by atoms with van der Waals surface area (Å²) in [5.74, 6) is -4.55. The molecule has 0 bridgehead atoms. The number of carbonyl (C=O) groups is 1. The Bertz CT molecular complexity index is 769. The Kier molecular flexibility index (Phi) is 6.47. The molecule has 0 aromatic heterocycles. The molecule has 1 aliphatic rings. The van der Waals surface area contributed by atoms with Crippen LogP contribution in [0.15, 0.2) is 65.4 Å². The van der Waals surface area contributed by atoms with Gasteiger partial charge in [-0.15, -0.1) is 6.58 Å². The quantitative estimate of drug-likeness (QED) is 0.580. The molecule has 1 aromatic rings. The van der Waals surface area contributed by atoms with Crippen molar-refractivity contribution in [3.05, 3.63) is 66.0 Å². The molecule has 1 heterocycles. The Labute approximate surface area is 154 Å². The van der Waals surface area contributed by atoms with Crippen LogP contribution in [0.4, 0.5) is 8.78 Å². The van der Waals surface area contributed by atoms with Gasteiger partial charge in [0.1, 0.15) is 0 Å². The van der Waals surface area contributed by atoms with E-state index in [1.165, 1.54) is 19.4 Å². The second kappa shape index (κ2) is 8.40. The predicted octanol–water partition coefficient (Wildman–Crippen LogP) is 3.47. The lowest BCUT2D eigenvalue weighted by atomic mass is 9.95. The third-order valence-corrected chi connectivity index (χ3v) is 5.44. The van der Waals surface area contributed by atoms with Crippen LogP contribution in [0.2, 0.25) is 0 Å². The molecule has 1 N–H and O–H groups in total. The van der Waals surface area contributed by atoms with Crippen molar-refractivity contribution in [3.8, 4) is 0 Å². The Morgan fingerprint density at radius 2 is 2.04 bits per heavy atom. The third-order valence-electron chi connectivity index (χ3n) is 3.98. The predicted molar refractivity (Wildman–Crippen MR) is 97.0 cm³/mol. The average molecular weight is 381 g/mol. The number of benzene rings is 1. The molecule has 1 aromatic carbocycles. The van der Waals surface area contributed by atoms with Crippen molar-refractivity contribution >= 4 is 16.8 Å². The molecule has 0 saturated heterocycles. The molecule has 26 heavy (non-hydrogen) atoms. The molecule has 0 aliphatic carbocycles. The number of alkyl halides is 2. The molecule has 140 valence electrons. The maximum atomic E-state index is 14.2. The molecule has 1 unspecified atom stereocenters. The summed E-state index contributed by atoms with van der Waals surface area (Å²) in [5.41, 5.74) is 0.844. The first-order chi connectivity index (χ1) is 12.3. The van der Waals surface area contributed by atoms with Gasteiger partial charge in [-0.3, -0.25) is 4.21 Å². The van der Waals surface area contributed by atoms with E-state index >= 15 is 0 Å². The Morgan fingerprint density at radius 1 is 1.38 bits per heavy atom. The van der Waals surface area contributed by atoms with Gasteiger partial charge in [-0.2, -0.15) is 8.78 Å². The van der Waals surface area contributed by atoms with Gasteiger partial charge in [0.2, 0.25) is 0 Å². The van der Waals surface area contributed by atoms with Gasteiger partial charge in [-0.1, -0.05) is 29.8 Å². The number of hydrogen-bond acceptors (Lipinski definition) is 4.